The second kappa shape index (κ2) is 5.08. The topological polar surface area (TPSA) is 37.8 Å². The molecule has 0 bridgehead atoms. The predicted octanol–water partition coefficient (Wildman–Crippen LogP) is 3.23. The molecule has 1 aromatic heterocycles. The molecule has 0 atom stereocenters. The van der Waals surface area contributed by atoms with Crippen molar-refractivity contribution >= 4 is 16.7 Å². The predicted molar refractivity (Wildman–Crippen MR) is 67.4 cm³/mol. The van der Waals surface area contributed by atoms with Crippen LogP contribution in [0.3, 0.4) is 0 Å². The standard InChI is InChI=1S/C13H16FN3/c1-9(2)6-7-15-13-10-4-3-5-11(14)12(10)16-8-17-13/h3-5,8-9H,6-7H2,1-2H3,(H,15,16,17). The molecule has 2 aromatic rings. The van der Waals surface area contributed by atoms with E-state index in [2.05, 4.69) is 29.1 Å². The number of benzene rings is 1. The van der Waals surface area contributed by atoms with Gasteiger partial charge >= 0.3 is 0 Å². The number of rotatable bonds is 4. The summed E-state index contributed by atoms with van der Waals surface area (Å²) in [6.45, 7) is 5.17. The Morgan fingerprint density at radius 1 is 1.29 bits per heavy atom. The SMILES string of the molecule is CC(C)CCNc1ncnc2c(F)cccc12. The summed E-state index contributed by atoms with van der Waals surface area (Å²) in [6.07, 6.45) is 2.45. The number of nitrogens with zero attached hydrogens (tertiary/aromatic N) is 2. The highest BCUT2D eigenvalue weighted by Crippen LogP contribution is 2.21. The van der Waals surface area contributed by atoms with Gasteiger partial charge in [0.1, 0.15) is 23.5 Å². The van der Waals surface area contributed by atoms with E-state index < -0.39 is 0 Å². The van der Waals surface area contributed by atoms with Crippen LogP contribution in [-0.2, 0) is 0 Å². The van der Waals surface area contributed by atoms with Gasteiger partial charge in [-0.1, -0.05) is 19.9 Å². The van der Waals surface area contributed by atoms with Crippen molar-refractivity contribution < 1.29 is 4.39 Å². The van der Waals surface area contributed by atoms with Crippen molar-refractivity contribution in [1.82, 2.24) is 9.97 Å². The van der Waals surface area contributed by atoms with Gasteiger partial charge < -0.3 is 5.32 Å². The van der Waals surface area contributed by atoms with E-state index in [1.54, 1.807) is 6.07 Å². The summed E-state index contributed by atoms with van der Waals surface area (Å²) in [5.41, 5.74) is 0.370. The zero-order chi connectivity index (χ0) is 12.3. The molecule has 0 saturated heterocycles. The molecule has 0 radical (unpaired) electrons. The summed E-state index contributed by atoms with van der Waals surface area (Å²) < 4.78 is 13.5. The highest BCUT2D eigenvalue weighted by atomic mass is 19.1. The second-order valence-corrected chi connectivity index (χ2v) is 4.47. The molecule has 2 rings (SSSR count). The lowest BCUT2D eigenvalue weighted by molar-refractivity contribution is 0.606. The van der Waals surface area contributed by atoms with Crippen LogP contribution < -0.4 is 5.32 Å². The maximum atomic E-state index is 13.5. The molecule has 0 fully saturated rings. The summed E-state index contributed by atoms with van der Waals surface area (Å²) in [4.78, 5) is 8.11. The first kappa shape index (κ1) is 11.8. The highest BCUT2D eigenvalue weighted by molar-refractivity contribution is 5.89. The third kappa shape index (κ3) is 2.70. The molecule has 0 aliphatic carbocycles. The van der Waals surface area contributed by atoms with Crippen molar-refractivity contribution in [2.45, 2.75) is 20.3 Å². The largest absolute Gasteiger partial charge is 0.369 e. The van der Waals surface area contributed by atoms with Gasteiger partial charge in [0.25, 0.3) is 0 Å². The first-order valence-corrected chi connectivity index (χ1v) is 5.81. The monoisotopic (exact) mass is 233 g/mol. The van der Waals surface area contributed by atoms with Crippen LogP contribution in [0.25, 0.3) is 10.9 Å². The molecule has 1 heterocycles. The molecular formula is C13H16FN3. The maximum Gasteiger partial charge on any atom is 0.149 e. The van der Waals surface area contributed by atoms with Gasteiger partial charge in [0, 0.05) is 11.9 Å². The number of nitrogens with one attached hydrogen (secondary N) is 1. The normalized spacial score (nSPS) is 11.1. The van der Waals surface area contributed by atoms with E-state index in [4.69, 9.17) is 0 Å². The summed E-state index contributed by atoms with van der Waals surface area (Å²) in [5.74, 6) is 1.03. The molecule has 0 saturated carbocycles. The Kier molecular flexibility index (Phi) is 3.52. The van der Waals surface area contributed by atoms with Gasteiger partial charge in [0.05, 0.1) is 0 Å². The molecule has 1 N–H and O–H groups in total. The Bertz CT molecular complexity index is 511. The minimum Gasteiger partial charge on any atom is -0.369 e. The molecule has 0 unspecified atom stereocenters. The minimum atomic E-state index is -0.309. The Balaban J connectivity index is 2.25. The van der Waals surface area contributed by atoms with Crippen LogP contribution in [0.1, 0.15) is 20.3 Å². The fourth-order valence-electron chi connectivity index (χ4n) is 1.67. The first-order chi connectivity index (χ1) is 8.18. The molecule has 3 nitrogen and oxygen atoms in total. The van der Waals surface area contributed by atoms with Gasteiger partial charge in [-0.15, -0.1) is 0 Å². The van der Waals surface area contributed by atoms with Gasteiger partial charge in [-0.2, -0.15) is 0 Å². The molecular weight excluding hydrogens is 217 g/mol. The number of fused-ring (bicyclic) bond motifs is 1. The van der Waals surface area contributed by atoms with Crippen molar-refractivity contribution in [3.05, 3.63) is 30.3 Å². The van der Waals surface area contributed by atoms with Crippen LogP contribution in [0.4, 0.5) is 10.2 Å². The quantitative estimate of drug-likeness (QED) is 0.881. The van der Waals surface area contributed by atoms with Gasteiger partial charge in [-0.3, -0.25) is 0 Å². The molecule has 0 amide bonds. The third-order valence-corrected chi connectivity index (χ3v) is 2.63. The van der Waals surface area contributed by atoms with E-state index >= 15 is 0 Å². The summed E-state index contributed by atoms with van der Waals surface area (Å²) >= 11 is 0. The Morgan fingerprint density at radius 3 is 2.88 bits per heavy atom. The smallest absolute Gasteiger partial charge is 0.149 e. The number of anilines is 1. The Morgan fingerprint density at radius 2 is 2.12 bits per heavy atom. The van der Waals surface area contributed by atoms with Crippen LogP contribution in [-0.4, -0.2) is 16.5 Å². The van der Waals surface area contributed by atoms with Crippen molar-refractivity contribution in [3.8, 4) is 0 Å². The lowest BCUT2D eigenvalue weighted by Crippen LogP contribution is -2.07. The average molecular weight is 233 g/mol. The van der Waals surface area contributed by atoms with E-state index in [0.29, 0.717) is 17.3 Å². The fourth-order valence-corrected chi connectivity index (χ4v) is 1.67. The number of halogens is 1. The molecule has 17 heavy (non-hydrogen) atoms. The molecule has 0 aliphatic heterocycles. The summed E-state index contributed by atoms with van der Waals surface area (Å²) in [5, 5.41) is 3.96. The van der Waals surface area contributed by atoms with Crippen molar-refractivity contribution in [2.75, 3.05) is 11.9 Å². The van der Waals surface area contributed by atoms with Gasteiger partial charge in [0.15, 0.2) is 0 Å². The van der Waals surface area contributed by atoms with E-state index in [0.717, 1.165) is 18.4 Å². The fraction of sp³-hybridized carbons (Fsp3) is 0.385. The van der Waals surface area contributed by atoms with E-state index in [1.807, 2.05) is 6.07 Å². The first-order valence-electron chi connectivity index (χ1n) is 5.81. The Hall–Kier alpha value is -1.71. The van der Waals surface area contributed by atoms with Crippen molar-refractivity contribution in [1.29, 1.82) is 0 Å². The van der Waals surface area contributed by atoms with Crippen LogP contribution in [0.15, 0.2) is 24.5 Å². The van der Waals surface area contributed by atoms with E-state index in [1.165, 1.54) is 12.4 Å². The van der Waals surface area contributed by atoms with E-state index in [9.17, 15) is 4.39 Å². The van der Waals surface area contributed by atoms with Crippen LogP contribution in [0.5, 0.6) is 0 Å². The highest BCUT2D eigenvalue weighted by Gasteiger charge is 2.06. The Labute approximate surface area is 100 Å². The van der Waals surface area contributed by atoms with Gasteiger partial charge in [-0.25, -0.2) is 14.4 Å². The molecule has 4 heteroatoms. The molecule has 0 spiro atoms. The molecule has 0 aliphatic rings. The molecule has 90 valence electrons. The zero-order valence-corrected chi connectivity index (χ0v) is 10.1. The lowest BCUT2D eigenvalue weighted by Gasteiger charge is -2.09. The van der Waals surface area contributed by atoms with Gasteiger partial charge in [-0.05, 0) is 24.5 Å². The summed E-state index contributed by atoms with van der Waals surface area (Å²) in [6, 6.07) is 4.91. The minimum absolute atomic E-state index is 0.309. The lowest BCUT2D eigenvalue weighted by atomic mass is 10.1. The van der Waals surface area contributed by atoms with E-state index in [-0.39, 0.29) is 5.82 Å². The molecule has 1 aromatic carbocycles. The average Bonchev–Trinajstić information content (AvgIpc) is 2.30. The van der Waals surface area contributed by atoms with Crippen molar-refractivity contribution in [3.63, 3.8) is 0 Å². The number of hydrogen-bond acceptors (Lipinski definition) is 3. The van der Waals surface area contributed by atoms with Crippen LogP contribution in [0, 0.1) is 11.7 Å². The zero-order valence-electron chi connectivity index (χ0n) is 10.1. The van der Waals surface area contributed by atoms with Gasteiger partial charge in [0.2, 0.25) is 0 Å². The number of para-hydroxylation sites is 1. The number of hydrogen-bond donors (Lipinski definition) is 1. The summed E-state index contributed by atoms with van der Waals surface area (Å²) in [7, 11) is 0. The van der Waals surface area contributed by atoms with Crippen molar-refractivity contribution in [2.24, 2.45) is 5.92 Å². The number of aromatic nitrogens is 2. The third-order valence-electron chi connectivity index (χ3n) is 2.63. The van der Waals surface area contributed by atoms with Crippen LogP contribution in [0.2, 0.25) is 0 Å². The van der Waals surface area contributed by atoms with Crippen LogP contribution >= 0.6 is 0 Å². The second-order valence-electron chi connectivity index (χ2n) is 4.47. The maximum absolute atomic E-state index is 13.5.